The number of hydrogen-bond donors (Lipinski definition) is 2. The minimum atomic E-state index is 0.634. The van der Waals surface area contributed by atoms with Crippen molar-refractivity contribution in [2.75, 3.05) is 13.1 Å². The first kappa shape index (κ1) is 20.0. The van der Waals surface area contributed by atoms with Crippen molar-refractivity contribution in [3.05, 3.63) is 67.1 Å². The Morgan fingerprint density at radius 2 is 1.86 bits per heavy atom. The molecule has 7 heterocycles. The molecule has 1 saturated heterocycles. The summed E-state index contributed by atoms with van der Waals surface area (Å²) < 4.78 is 5.26. The molecule has 35 heavy (non-hydrogen) atoms. The number of hydrogen-bond acceptors (Lipinski definition) is 7. The van der Waals surface area contributed by atoms with Crippen LogP contribution in [0.4, 0.5) is 0 Å². The van der Waals surface area contributed by atoms with E-state index in [2.05, 4.69) is 47.2 Å². The third kappa shape index (κ3) is 3.57. The summed E-state index contributed by atoms with van der Waals surface area (Å²) in [7, 11) is 0. The topological polar surface area (TPSA) is 112 Å². The van der Waals surface area contributed by atoms with Crippen LogP contribution in [0.2, 0.25) is 0 Å². The number of furan rings is 1. The van der Waals surface area contributed by atoms with Gasteiger partial charge in [-0.15, -0.1) is 0 Å². The molecule has 6 aromatic heterocycles. The first-order valence-corrected chi connectivity index (χ1v) is 11.7. The summed E-state index contributed by atoms with van der Waals surface area (Å²) in [6, 6.07) is 8.14. The van der Waals surface area contributed by atoms with E-state index in [-0.39, 0.29) is 0 Å². The average Bonchev–Trinajstić information content (AvgIpc) is 3.70. The lowest BCUT2D eigenvalue weighted by molar-refractivity contribution is 0.331. The van der Waals surface area contributed by atoms with Crippen LogP contribution in [0.5, 0.6) is 0 Å². The van der Waals surface area contributed by atoms with Crippen LogP contribution in [0.3, 0.4) is 0 Å². The fraction of sp³-hybridized carbons (Fsp3) is 0.192. The number of imidazole rings is 1. The normalized spacial score (nSPS) is 14.4. The van der Waals surface area contributed by atoms with Gasteiger partial charge < -0.3 is 9.40 Å². The van der Waals surface area contributed by atoms with Gasteiger partial charge in [0.05, 0.1) is 17.9 Å². The van der Waals surface area contributed by atoms with Gasteiger partial charge >= 0.3 is 0 Å². The zero-order chi connectivity index (χ0) is 23.2. The van der Waals surface area contributed by atoms with E-state index in [0.717, 1.165) is 52.8 Å². The zero-order valence-corrected chi connectivity index (χ0v) is 18.9. The molecule has 0 unspecified atom stereocenters. The standard InChI is InChI=1S/C26H22N8O/c1-2-7-34(6-1)14-16-9-18(12-27-11-16)19-10-21-23(32-33-24(21)29-13-19)26-30-22-20(17-4-8-35-15-17)3-5-28-25(22)31-26/h3-5,8-13,15H,1-2,6-7,14H2,(H,28,30,31)(H,29,32,33). The molecule has 0 atom stereocenters. The van der Waals surface area contributed by atoms with Crippen LogP contribution in [-0.2, 0) is 6.54 Å². The van der Waals surface area contributed by atoms with Crippen LogP contribution in [0.1, 0.15) is 18.4 Å². The molecule has 0 spiro atoms. The maximum atomic E-state index is 5.26. The van der Waals surface area contributed by atoms with Gasteiger partial charge in [-0.1, -0.05) is 0 Å². The molecule has 7 rings (SSSR count). The van der Waals surface area contributed by atoms with Gasteiger partial charge in [0.25, 0.3) is 0 Å². The average molecular weight is 463 g/mol. The van der Waals surface area contributed by atoms with E-state index in [1.54, 1.807) is 18.7 Å². The lowest BCUT2D eigenvalue weighted by Gasteiger charge is -2.14. The first-order valence-electron chi connectivity index (χ1n) is 11.7. The summed E-state index contributed by atoms with van der Waals surface area (Å²) in [5, 5.41) is 8.44. The molecule has 172 valence electrons. The Labute approximate surface area is 200 Å². The summed E-state index contributed by atoms with van der Waals surface area (Å²) in [4.78, 5) is 24.2. The first-order chi connectivity index (χ1) is 17.3. The summed E-state index contributed by atoms with van der Waals surface area (Å²) >= 11 is 0. The second-order valence-electron chi connectivity index (χ2n) is 8.91. The molecule has 9 heteroatoms. The molecular formula is C26H22N8O. The van der Waals surface area contributed by atoms with Gasteiger partial charge in [-0.25, -0.2) is 15.0 Å². The van der Waals surface area contributed by atoms with Crippen LogP contribution in [0.25, 0.3) is 56.0 Å². The number of pyridine rings is 3. The zero-order valence-electron chi connectivity index (χ0n) is 18.9. The number of nitrogens with zero attached hydrogens (tertiary/aromatic N) is 6. The van der Waals surface area contributed by atoms with Crippen molar-refractivity contribution in [3.63, 3.8) is 0 Å². The highest BCUT2D eigenvalue weighted by atomic mass is 16.3. The highest BCUT2D eigenvalue weighted by Crippen LogP contribution is 2.32. The number of fused-ring (bicyclic) bond motifs is 2. The van der Waals surface area contributed by atoms with Crippen molar-refractivity contribution in [3.8, 4) is 33.8 Å². The van der Waals surface area contributed by atoms with E-state index in [0.29, 0.717) is 22.8 Å². The molecule has 6 aromatic rings. The van der Waals surface area contributed by atoms with Crippen molar-refractivity contribution in [2.24, 2.45) is 0 Å². The predicted octanol–water partition coefficient (Wildman–Crippen LogP) is 4.81. The molecule has 0 bridgehead atoms. The van der Waals surface area contributed by atoms with Crippen molar-refractivity contribution >= 4 is 22.2 Å². The Bertz CT molecular complexity index is 1640. The Kier molecular flexibility index (Phi) is 4.66. The number of H-pyrrole nitrogens is 2. The van der Waals surface area contributed by atoms with Crippen molar-refractivity contribution in [1.82, 2.24) is 40.0 Å². The molecule has 9 nitrogen and oxygen atoms in total. The third-order valence-corrected chi connectivity index (χ3v) is 6.59. The Morgan fingerprint density at radius 3 is 2.74 bits per heavy atom. The maximum absolute atomic E-state index is 5.26. The van der Waals surface area contributed by atoms with Gasteiger partial charge in [0.2, 0.25) is 0 Å². The van der Waals surface area contributed by atoms with E-state index in [9.17, 15) is 0 Å². The fourth-order valence-electron chi connectivity index (χ4n) is 4.85. The Morgan fingerprint density at radius 1 is 0.943 bits per heavy atom. The van der Waals surface area contributed by atoms with E-state index in [1.165, 1.54) is 18.4 Å². The quantitative estimate of drug-likeness (QED) is 0.378. The number of aromatic nitrogens is 7. The van der Waals surface area contributed by atoms with Crippen LogP contribution >= 0.6 is 0 Å². The molecule has 0 aliphatic carbocycles. The smallest absolute Gasteiger partial charge is 0.161 e. The summed E-state index contributed by atoms with van der Waals surface area (Å²) in [5.74, 6) is 0.634. The molecule has 2 N–H and O–H groups in total. The molecule has 1 aliphatic rings. The summed E-state index contributed by atoms with van der Waals surface area (Å²) in [6.45, 7) is 3.24. The lowest BCUT2D eigenvalue weighted by atomic mass is 10.1. The fourth-order valence-corrected chi connectivity index (χ4v) is 4.85. The molecular weight excluding hydrogens is 440 g/mol. The van der Waals surface area contributed by atoms with E-state index in [1.807, 2.05) is 30.7 Å². The number of aromatic amines is 2. The Hall–Kier alpha value is -4.37. The van der Waals surface area contributed by atoms with Crippen molar-refractivity contribution < 1.29 is 4.42 Å². The second kappa shape index (κ2) is 8.14. The minimum absolute atomic E-state index is 0.634. The summed E-state index contributed by atoms with van der Waals surface area (Å²) in [5.41, 5.74) is 8.01. The molecule has 0 radical (unpaired) electrons. The maximum Gasteiger partial charge on any atom is 0.161 e. The molecule has 0 saturated carbocycles. The van der Waals surface area contributed by atoms with Gasteiger partial charge in [0.1, 0.15) is 11.2 Å². The van der Waals surface area contributed by atoms with Crippen LogP contribution < -0.4 is 0 Å². The summed E-state index contributed by atoms with van der Waals surface area (Å²) in [6.07, 6.45) is 13.4. The Balaban J connectivity index is 1.28. The second-order valence-corrected chi connectivity index (χ2v) is 8.91. The molecule has 0 aromatic carbocycles. The van der Waals surface area contributed by atoms with E-state index in [4.69, 9.17) is 9.40 Å². The van der Waals surface area contributed by atoms with E-state index < -0.39 is 0 Å². The van der Waals surface area contributed by atoms with Crippen molar-refractivity contribution in [1.29, 1.82) is 0 Å². The van der Waals surface area contributed by atoms with Crippen LogP contribution in [0, 0.1) is 0 Å². The van der Waals surface area contributed by atoms with Gasteiger partial charge in [-0.3, -0.25) is 15.0 Å². The number of rotatable bonds is 5. The minimum Gasteiger partial charge on any atom is -0.472 e. The van der Waals surface area contributed by atoms with Gasteiger partial charge in [-0.05, 0) is 55.8 Å². The third-order valence-electron chi connectivity index (χ3n) is 6.59. The van der Waals surface area contributed by atoms with Gasteiger partial charge in [0, 0.05) is 53.6 Å². The van der Waals surface area contributed by atoms with Crippen LogP contribution in [-0.4, -0.2) is 53.1 Å². The number of nitrogens with one attached hydrogen (secondary N) is 2. The van der Waals surface area contributed by atoms with Gasteiger partial charge in [-0.2, -0.15) is 5.10 Å². The number of likely N-dealkylation sites (tertiary alicyclic amines) is 1. The lowest BCUT2D eigenvalue weighted by Crippen LogP contribution is -2.18. The van der Waals surface area contributed by atoms with Crippen LogP contribution in [0.15, 0.2) is 66.0 Å². The molecule has 0 amide bonds. The largest absolute Gasteiger partial charge is 0.472 e. The highest BCUT2D eigenvalue weighted by molar-refractivity contribution is 5.95. The molecule has 1 aliphatic heterocycles. The van der Waals surface area contributed by atoms with Crippen molar-refractivity contribution in [2.45, 2.75) is 19.4 Å². The SMILES string of the molecule is c1cc(-c2ccoc2)c2nc(-c3n[nH]c4ncc(-c5cncc(CN6CCCC6)c5)cc34)[nH]c2n1. The van der Waals surface area contributed by atoms with E-state index >= 15 is 0 Å². The predicted molar refractivity (Wildman–Crippen MR) is 132 cm³/mol. The molecule has 1 fully saturated rings. The monoisotopic (exact) mass is 462 g/mol. The highest BCUT2D eigenvalue weighted by Gasteiger charge is 2.18. The van der Waals surface area contributed by atoms with Gasteiger partial charge in [0.15, 0.2) is 17.1 Å².